The number of ether oxygens (including phenoxy) is 1. The average Bonchev–Trinajstić information content (AvgIpc) is 2.26. The van der Waals surface area contributed by atoms with Crippen molar-refractivity contribution in [3.05, 3.63) is 23.8 Å². The molecule has 1 aromatic carbocycles. The summed E-state index contributed by atoms with van der Waals surface area (Å²) in [6.07, 6.45) is 0.282. The fourth-order valence-corrected chi connectivity index (χ4v) is 1.27. The average molecular weight is 224 g/mol. The minimum Gasteiger partial charge on any atom is -0.508 e. The summed E-state index contributed by atoms with van der Waals surface area (Å²) >= 11 is 0. The van der Waals surface area contributed by atoms with Crippen LogP contribution in [-0.2, 0) is 11.3 Å². The number of benzene rings is 1. The summed E-state index contributed by atoms with van der Waals surface area (Å²) in [6, 6.07) is 5.00. The van der Waals surface area contributed by atoms with Crippen LogP contribution in [0.5, 0.6) is 11.5 Å². The Balaban J connectivity index is 2.49. The summed E-state index contributed by atoms with van der Waals surface area (Å²) in [7, 11) is 1.57. The first-order chi connectivity index (χ1) is 7.63. The molecule has 0 saturated heterocycles. The van der Waals surface area contributed by atoms with Crippen molar-refractivity contribution in [2.45, 2.75) is 13.0 Å². The lowest BCUT2D eigenvalue weighted by atomic mass is 10.2. The molecule has 0 atom stereocenters. The second-order valence-electron chi connectivity index (χ2n) is 3.39. The molecule has 0 aliphatic carbocycles. The predicted molar refractivity (Wildman–Crippen MR) is 60.2 cm³/mol. The molecule has 1 aromatic rings. The van der Waals surface area contributed by atoms with E-state index in [1.54, 1.807) is 25.3 Å². The molecule has 1 rings (SSSR count). The van der Waals surface area contributed by atoms with Crippen molar-refractivity contribution in [1.82, 2.24) is 5.32 Å². The molecule has 0 radical (unpaired) electrons. The Morgan fingerprint density at radius 1 is 1.56 bits per heavy atom. The zero-order valence-electron chi connectivity index (χ0n) is 9.19. The Morgan fingerprint density at radius 3 is 2.94 bits per heavy atom. The lowest BCUT2D eigenvalue weighted by Crippen LogP contribution is -2.21. The monoisotopic (exact) mass is 224 g/mol. The highest BCUT2D eigenvalue weighted by molar-refractivity contribution is 5.73. The third-order valence-corrected chi connectivity index (χ3v) is 2.15. The first-order valence-electron chi connectivity index (χ1n) is 4.98. The maximum absolute atomic E-state index is 10.5. The summed E-state index contributed by atoms with van der Waals surface area (Å²) < 4.78 is 5.04. The predicted octanol–water partition coefficient (Wildman–Crippen LogP) is 0.366. The highest BCUT2D eigenvalue weighted by atomic mass is 16.5. The molecule has 0 saturated carbocycles. The van der Waals surface area contributed by atoms with Crippen LogP contribution in [0.15, 0.2) is 18.2 Å². The van der Waals surface area contributed by atoms with Gasteiger partial charge in [-0.15, -0.1) is 0 Å². The van der Waals surface area contributed by atoms with Gasteiger partial charge in [0.15, 0.2) is 0 Å². The summed E-state index contributed by atoms with van der Waals surface area (Å²) in [4.78, 5) is 10.5. The highest BCUT2D eigenvalue weighted by Gasteiger charge is 2.03. The normalized spacial score (nSPS) is 10.1. The van der Waals surface area contributed by atoms with Crippen LogP contribution in [0.1, 0.15) is 12.0 Å². The molecule has 0 aliphatic heterocycles. The van der Waals surface area contributed by atoms with E-state index >= 15 is 0 Å². The number of phenolic OH excluding ortho intramolecular Hbond substituents is 1. The SMILES string of the molecule is COc1ccc(O)c(CNCCC(N)=O)c1. The van der Waals surface area contributed by atoms with Gasteiger partial charge in [0.25, 0.3) is 0 Å². The lowest BCUT2D eigenvalue weighted by Gasteiger charge is -2.08. The van der Waals surface area contributed by atoms with E-state index in [2.05, 4.69) is 5.32 Å². The summed E-state index contributed by atoms with van der Waals surface area (Å²) in [5, 5.41) is 12.6. The Hall–Kier alpha value is -1.75. The van der Waals surface area contributed by atoms with E-state index in [4.69, 9.17) is 10.5 Å². The van der Waals surface area contributed by atoms with Crippen LogP contribution < -0.4 is 15.8 Å². The van der Waals surface area contributed by atoms with Gasteiger partial charge in [-0.1, -0.05) is 0 Å². The largest absolute Gasteiger partial charge is 0.508 e. The first kappa shape index (κ1) is 12.3. The molecule has 16 heavy (non-hydrogen) atoms. The fraction of sp³-hybridized carbons (Fsp3) is 0.364. The molecule has 4 N–H and O–H groups in total. The standard InChI is InChI=1S/C11H16N2O3/c1-16-9-2-3-10(14)8(6-9)7-13-5-4-11(12)15/h2-3,6,13-14H,4-5,7H2,1H3,(H2,12,15). The van der Waals surface area contributed by atoms with Crippen LogP contribution in [0, 0.1) is 0 Å². The molecule has 88 valence electrons. The van der Waals surface area contributed by atoms with Gasteiger partial charge in [0.2, 0.25) is 5.91 Å². The fourth-order valence-electron chi connectivity index (χ4n) is 1.27. The smallest absolute Gasteiger partial charge is 0.218 e. The third kappa shape index (κ3) is 3.78. The van der Waals surface area contributed by atoms with Gasteiger partial charge in [-0.05, 0) is 18.2 Å². The number of rotatable bonds is 6. The van der Waals surface area contributed by atoms with Crippen molar-refractivity contribution < 1.29 is 14.6 Å². The number of primary amides is 1. The zero-order chi connectivity index (χ0) is 12.0. The van der Waals surface area contributed by atoms with Crippen LogP contribution >= 0.6 is 0 Å². The Kier molecular flexibility index (Phi) is 4.60. The van der Waals surface area contributed by atoms with E-state index in [-0.39, 0.29) is 18.1 Å². The van der Waals surface area contributed by atoms with Crippen molar-refractivity contribution in [3.8, 4) is 11.5 Å². The summed E-state index contributed by atoms with van der Waals surface area (Å²) in [5.74, 6) is 0.541. The van der Waals surface area contributed by atoms with E-state index in [0.717, 1.165) is 5.56 Å². The molecule has 0 aliphatic rings. The topological polar surface area (TPSA) is 84.6 Å². The molecule has 5 nitrogen and oxygen atoms in total. The van der Waals surface area contributed by atoms with Crippen molar-refractivity contribution >= 4 is 5.91 Å². The number of aromatic hydroxyl groups is 1. The van der Waals surface area contributed by atoms with E-state index in [1.165, 1.54) is 0 Å². The number of methoxy groups -OCH3 is 1. The number of carbonyl (C=O) groups is 1. The molecular weight excluding hydrogens is 208 g/mol. The second-order valence-corrected chi connectivity index (χ2v) is 3.39. The third-order valence-electron chi connectivity index (χ3n) is 2.15. The van der Waals surface area contributed by atoms with Gasteiger partial charge >= 0.3 is 0 Å². The molecule has 0 unspecified atom stereocenters. The number of phenols is 1. The highest BCUT2D eigenvalue weighted by Crippen LogP contribution is 2.22. The molecular formula is C11H16N2O3. The minimum absolute atomic E-state index is 0.201. The first-order valence-corrected chi connectivity index (χ1v) is 4.98. The molecule has 0 heterocycles. The number of hydrogen-bond acceptors (Lipinski definition) is 4. The van der Waals surface area contributed by atoms with E-state index in [1.807, 2.05) is 0 Å². The second kappa shape index (κ2) is 5.97. The van der Waals surface area contributed by atoms with Gasteiger partial charge in [-0.25, -0.2) is 0 Å². The van der Waals surface area contributed by atoms with E-state index < -0.39 is 0 Å². The van der Waals surface area contributed by atoms with E-state index in [9.17, 15) is 9.90 Å². The molecule has 0 fully saturated rings. The number of nitrogens with two attached hydrogens (primary N) is 1. The Morgan fingerprint density at radius 2 is 2.31 bits per heavy atom. The van der Waals surface area contributed by atoms with Crippen LogP contribution in [0.25, 0.3) is 0 Å². The van der Waals surface area contributed by atoms with E-state index in [0.29, 0.717) is 18.8 Å². The van der Waals surface area contributed by atoms with Crippen molar-refractivity contribution in [1.29, 1.82) is 0 Å². The molecule has 0 aromatic heterocycles. The summed E-state index contributed by atoms with van der Waals surface area (Å²) in [6.45, 7) is 0.961. The molecule has 0 bridgehead atoms. The maximum Gasteiger partial charge on any atom is 0.218 e. The lowest BCUT2D eigenvalue weighted by molar-refractivity contribution is -0.117. The van der Waals surface area contributed by atoms with Gasteiger partial charge in [0.1, 0.15) is 11.5 Å². The number of amides is 1. The molecule has 5 heteroatoms. The Bertz CT molecular complexity index is 366. The van der Waals surface area contributed by atoms with Crippen LogP contribution in [-0.4, -0.2) is 24.7 Å². The van der Waals surface area contributed by atoms with Crippen LogP contribution in [0.2, 0.25) is 0 Å². The van der Waals surface area contributed by atoms with Gasteiger partial charge in [0, 0.05) is 25.1 Å². The number of nitrogens with one attached hydrogen (secondary N) is 1. The van der Waals surface area contributed by atoms with Crippen molar-refractivity contribution in [3.63, 3.8) is 0 Å². The van der Waals surface area contributed by atoms with Gasteiger partial charge in [0.05, 0.1) is 7.11 Å². The van der Waals surface area contributed by atoms with Crippen LogP contribution in [0.4, 0.5) is 0 Å². The van der Waals surface area contributed by atoms with Crippen molar-refractivity contribution in [2.24, 2.45) is 5.73 Å². The minimum atomic E-state index is -0.345. The number of carbonyl (C=O) groups excluding carboxylic acids is 1. The van der Waals surface area contributed by atoms with Gasteiger partial charge in [-0.2, -0.15) is 0 Å². The molecule has 0 spiro atoms. The maximum atomic E-state index is 10.5. The quantitative estimate of drug-likeness (QED) is 0.609. The summed E-state index contributed by atoms with van der Waals surface area (Å²) in [5.41, 5.74) is 5.72. The molecule has 1 amide bonds. The Labute approximate surface area is 94.2 Å². The van der Waals surface area contributed by atoms with Gasteiger partial charge in [-0.3, -0.25) is 4.79 Å². The van der Waals surface area contributed by atoms with Crippen molar-refractivity contribution in [2.75, 3.05) is 13.7 Å². The van der Waals surface area contributed by atoms with Crippen LogP contribution in [0.3, 0.4) is 0 Å². The van der Waals surface area contributed by atoms with Gasteiger partial charge < -0.3 is 20.9 Å². The number of hydrogen-bond donors (Lipinski definition) is 3. The zero-order valence-corrected chi connectivity index (χ0v) is 9.19.